The Morgan fingerprint density at radius 3 is 2.19 bits per heavy atom. The fraction of sp³-hybridized carbons (Fsp3) is 0.409. The summed E-state index contributed by atoms with van der Waals surface area (Å²) in [5.41, 5.74) is 2.28. The molecule has 2 rings (SSSR count). The number of hydrogen-bond acceptors (Lipinski definition) is 4. The molecule has 0 heterocycles. The molecule has 0 radical (unpaired) electrons. The topological polar surface area (TPSA) is 91.8 Å². The van der Waals surface area contributed by atoms with Crippen LogP contribution in [-0.4, -0.2) is 48.2 Å². The highest BCUT2D eigenvalue weighted by Gasteiger charge is 2.12. The van der Waals surface area contributed by atoms with Crippen molar-refractivity contribution < 1.29 is 13.2 Å². The molecule has 0 aliphatic carbocycles. The molecule has 0 spiro atoms. The average Bonchev–Trinajstić information content (AvgIpc) is 2.75. The summed E-state index contributed by atoms with van der Waals surface area (Å²) in [6, 6.07) is 14.9. The molecule has 0 amide bonds. The lowest BCUT2D eigenvalue weighted by atomic mass is 9.98. The number of halogens is 1. The Kier molecular flexibility index (Phi) is 11.9. The van der Waals surface area contributed by atoms with Crippen LogP contribution in [0.25, 0.3) is 0 Å². The first-order valence-electron chi connectivity index (χ1n) is 10.0. The second-order valence-corrected chi connectivity index (χ2v) is 8.87. The summed E-state index contributed by atoms with van der Waals surface area (Å²) >= 11 is 0. The van der Waals surface area contributed by atoms with Gasteiger partial charge < -0.3 is 15.4 Å². The molecule has 0 aliphatic heterocycles. The van der Waals surface area contributed by atoms with Gasteiger partial charge in [-0.3, -0.25) is 4.99 Å². The zero-order chi connectivity index (χ0) is 22.0. The second kappa shape index (κ2) is 13.5. The zero-order valence-corrected chi connectivity index (χ0v) is 21.7. The van der Waals surface area contributed by atoms with Crippen LogP contribution in [0.5, 0.6) is 5.75 Å². The predicted octanol–water partition coefficient (Wildman–Crippen LogP) is 3.26. The Morgan fingerprint density at radius 2 is 1.61 bits per heavy atom. The van der Waals surface area contributed by atoms with E-state index in [9.17, 15) is 8.42 Å². The van der Waals surface area contributed by atoms with Crippen LogP contribution in [0, 0.1) is 6.92 Å². The highest BCUT2D eigenvalue weighted by atomic mass is 127. The van der Waals surface area contributed by atoms with Crippen molar-refractivity contribution in [3.8, 4) is 5.75 Å². The molecule has 7 nitrogen and oxygen atoms in total. The van der Waals surface area contributed by atoms with E-state index >= 15 is 0 Å². The second-order valence-electron chi connectivity index (χ2n) is 7.10. The first kappa shape index (κ1) is 27.2. The van der Waals surface area contributed by atoms with Crippen molar-refractivity contribution in [1.82, 2.24) is 15.4 Å². The molecule has 1 atom stereocenters. The van der Waals surface area contributed by atoms with Crippen molar-refractivity contribution in [2.45, 2.75) is 31.1 Å². The normalized spacial score (nSPS) is 12.6. The van der Waals surface area contributed by atoms with Crippen LogP contribution in [-0.2, 0) is 10.0 Å². The van der Waals surface area contributed by atoms with Gasteiger partial charge in [0.15, 0.2) is 5.96 Å². The van der Waals surface area contributed by atoms with Crippen LogP contribution < -0.4 is 20.1 Å². The summed E-state index contributed by atoms with van der Waals surface area (Å²) in [5, 5.41) is 6.39. The summed E-state index contributed by atoms with van der Waals surface area (Å²) in [7, 11) is -0.151. The number of aryl methyl sites for hydroxylation is 1. The molecular formula is C22H33IN4O3S. The number of nitrogens with one attached hydrogen (secondary N) is 3. The van der Waals surface area contributed by atoms with Crippen LogP contribution in [0.4, 0.5) is 0 Å². The van der Waals surface area contributed by atoms with E-state index in [1.807, 2.05) is 19.1 Å². The van der Waals surface area contributed by atoms with E-state index in [0.29, 0.717) is 18.4 Å². The number of sulfonamides is 1. The van der Waals surface area contributed by atoms with Crippen molar-refractivity contribution in [3.63, 3.8) is 0 Å². The predicted molar refractivity (Wildman–Crippen MR) is 137 cm³/mol. The lowest BCUT2D eigenvalue weighted by Crippen LogP contribution is -2.42. The third-order valence-corrected chi connectivity index (χ3v) is 6.30. The van der Waals surface area contributed by atoms with E-state index in [0.717, 1.165) is 24.3 Å². The van der Waals surface area contributed by atoms with Gasteiger partial charge in [0.1, 0.15) is 5.75 Å². The number of methoxy groups -OCH3 is 1. The number of rotatable bonds is 10. The van der Waals surface area contributed by atoms with E-state index < -0.39 is 10.0 Å². The average molecular weight is 561 g/mol. The van der Waals surface area contributed by atoms with Gasteiger partial charge in [0.25, 0.3) is 0 Å². The fourth-order valence-electron chi connectivity index (χ4n) is 2.89. The van der Waals surface area contributed by atoms with E-state index in [2.05, 4.69) is 39.4 Å². The van der Waals surface area contributed by atoms with Crippen molar-refractivity contribution in [2.24, 2.45) is 4.99 Å². The Labute approximate surface area is 203 Å². The Morgan fingerprint density at radius 1 is 1.00 bits per heavy atom. The van der Waals surface area contributed by atoms with E-state index in [1.54, 1.807) is 38.4 Å². The van der Waals surface area contributed by atoms with Gasteiger partial charge >= 0.3 is 0 Å². The molecule has 1 unspecified atom stereocenters. The number of ether oxygens (including phenoxy) is 1. The summed E-state index contributed by atoms with van der Waals surface area (Å²) in [4.78, 5) is 4.45. The largest absolute Gasteiger partial charge is 0.497 e. The molecule has 2 aromatic rings. The Bertz CT molecular complexity index is 917. The van der Waals surface area contributed by atoms with Crippen LogP contribution in [0.3, 0.4) is 0 Å². The number of hydrogen-bond donors (Lipinski definition) is 3. The Hall–Kier alpha value is -1.85. The maximum atomic E-state index is 12.3. The van der Waals surface area contributed by atoms with Gasteiger partial charge in [-0.2, -0.15) is 0 Å². The summed E-state index contributed by atoms with van der Waals surface area (Å²) < 4.78 is 32.4. The minimum Gasteiger partial charge on any atom is -0.497 e. The molecule has 0 fully saturated rings. The molecule has 0 saturated carbocycles. The van der Waals surface area contributed by atoms with Crippen molar-refractivity contribution in [3.05, 3.63) is 59.7 Å². The van der Waals surface area contributed by atoms with Crippen LogP contribution in [0.15, 0.2) is 58.4 Å². The molecule has 3 N–H and O–H groups in total. The fourth-order valence-corrected chi connectivity index (χ4v) is 3.93. The third-order valence-electron chi connectivity index (χ3n) is 4.82. The van der Waals surface area contributed by atoms with Crippen LogP contribution in [0.2, 0.25) is 0 Å². The molecule has 2 aromatic carbocycles. The van der Waals surface area contributed by atoms with Gasteiger partial charge in [-0.05, 0) is 49.1 Å². The first-order chi connectivity index (χ1) is 14.4. The standard InChI is InChI=1S/C22H32N4O3S.HI/c1-17-5-11-21(12-6-17)30(27,28)26-16-15-25-22(23-3)24-14-13-18(2)19-7-9-20(29-4)10-8-19;/h5-12,18,26H,13-16H2,1-4H3,(H2,23,24,25);1H. The van der Waals surface area contributed by atoms with Gasteiger partial charge in [-0.15, -0.1) is 24.0 Å². The first-order valence-corrected chi connectivity index (χ1v) is 11.5. The van der Waals surface area contributed by atoms with Gasteiger partial charge in [0.2, 0.25) is 10.0 Å². The van der Waals surface area contributed by atoms with E-state index in [1.165, 1.54) is 5.56 Å². The third kappa shape index (κ3) is 9.04. The lowest BCUT2D eigenvalue weighted by Gasteiger charge is -2.16. The maximum Gasteiger partial charge on any atom is 0.240 e. The van der Waals surface area contributed by atoms with Crippen LogP contribution in [0.1, 0.15) is 30.4 Å². The molecule has 0 saturated heterocycles. The summed E-state index contributed by atoms with van der Waals surface area (Å²) in [6.07, 6.45) is 0.938. The molecule has 31 heavy (non-hydrogen) atoms. The number of benzene rings is 2. The van der Waals surface area contributed by atoms with Gasteiger partial charge in [0.05, 0.1) is 12.0 Å². The highest BCUT2D eigenvalue weighted by molar-refractivity contribution is 14.0. The summed E-state index contributed by atoms with van der Waals surface area (Å²) in [5.74, 6) is 1.89. The monoisotopic (exact) mass is 560 g/mol. The lowest BCUT2D eigenvalue weighted by molar-refractivity contribution is 0.414. The molecule has 0 aromatic heterocycles. The van der Waals surface area contributed by atoms with Gasteiger partial charge in [0, 0.05) is 26.7 Å². The quantitative estimate of drug-likeness (QED) is 0.180. The van der Waals surface area contributed by atoms with Gasteiger partial charge in [-0.1, -0.05) is 36.8 Å². The molecule has 0 aliphatic rings. The number of guanidine groups is 1. The van der Waals surface area contributed by atoms with Crippen LogP contribution >= 0.6 is 24.0 Å². The zero-order valence-electron chi connectivity index (χ0n) is 18.5. The van der Waals surface area contributed by atoms with E-state index in [4.69, 9.17) is 4.74 Å². The molecule has 9 heteroatoms. The molecular weight excluding hydrogens is 527 g/mol. The highest BCUT2D eigenvalue weighted by Crippen LogP contribution is 2.21. The number of aliphatic imine (C=N–C) groups is 1. The molecule has 0 bridgehead atoms. The maximum absolute atomic E-state index is 12.3. The minimum absolute atomic E-state index is 0. The van der Waals surface area contributed by atoms with E-state index in [-0.39, 0.29) is 35.4 Å². The smallest absolute Gasteiger partial charge is 0.240 e. The Balaban J connectivity index is 0.00000480. The number of nitrogens with zero attached hydrogens (tertiary/aromatic N) is 1. The SMILES string of the molecule is CN=C(NCCNS(=O)(=O)c1ccc(C)cc1)NCCC(C)c1ccc(OC)cc1.I. The van der Waals surface area contributed by atoms with Crippen molar-refractivity contribution >= 4 is 40.0 Å². The molecule has 172 valence electrons. The van der Waals surface area contributed by atoms with Crippen molar-refractivity contribution in [1.29, 1.82) is 0 Å². The van der Waals surface area contributed by atoms with Gasteiger partial charge in [-0.25, -0.2) is 13.1 Å². The summed E-state index contributed by atoms with van der Waals surface area (Å²) in [6.45, 7) is 5.55. The van der Waals surface area contributed by atoms with Crippen molar-refractivity contribution in [2.75, 3.05) is 33.8 Å². The minimum atomic E-state index is -3.50.